The van der Waals surface area contributed by atoms with E-state index in [9.17, 15) is 0 Å². The van der Waals surface area contributed by atoms with Crippen LogP contribution < -0.4 is 10.6 Å². The van der Waals surface area contributed by atoms with E-state index in [2.05, 4.69) is 59.1 Å². The summed E-state index contributed by atoms with van der Waals surface area (Å²) >= 11 is 0. The van der Waals surface area contributed by atoms with Crippen LogP contribution in [0.5, 0.6) is 0 Å². The molecule has 0 spiro atoms. The summed E-state index contributed by atoms with van der Waals surface area (Å²) in [6.45, 7) is 17.2. The first-order chi connectivity index (χ1) is 8.32. The summed E-state index contributed by atoms with van der Waals surface area (Å²) in [4.78, 5) is 0. The molecular weight excluding hydrogens is 220 g/mol. The van der Waals surface area contributed by atoms with Crippen LogP contribution in [0.25, 0.3) is 0 Å². The van der Waals surface area contributed by atoms with E-state index in [1.54, 1.807) is 0 Å². The van der Waals surface area contributed by atoms with Crippen molar-refractivity contribution in [3.63, 3.8) is 0 Å². The summed E-state index contributed by atoms with van der Waals surface area (Å²) in [7, 11) is 0. The maximum atomic E-state index is 3.73. The number of hydrogen-bond acceptors (Lipinski definition) is 2. The fourth-order valence-electron chi connectivity index (χ4n) is 2.52. The molecule has 0 aromatic heterocycles. The molecule has 0 aromatic rings. The van der Waals surface area contributed by atoms with Crippen LogP contribution >= 0.6 is 0 Å². The second kappa shape index (κ2) is 8.92. The summed E-state index contributed by atoms with van der Waals surface area (Å²) < 4.78 is 0. The van der Waals surface area contributed by atoms with Gasteiger partial charge in [-0.2, -0.15) is 0 Å². The van der Waals surface area contributed by atoms with Gasteiger partial charge in [0.15, 0.2) is 0 Å². The molecule has 0 aliphatic heterocycles. The molecule has 0 radical (unpaired) electrons. The topological polar surface area (TPSA) is 24.1 Å². The molecule has 0 saturated carbocycles. The van der Waals surface area contributed by atoms with Crippen LogP contribution in [0.3, 0.4) is 0 Å². The van der Waals surface area contributed by atoms with Crippen molar-refractivity contribution in [2.75, 3.05) is 6.54 Å². The molecule has 0 amide bonds. The lowest BCUT2D eigenvalue weighted by Crippen LogP contribution is -2.46. The molecule has 0 saturated heterocycles. The van der Waals surface area contributed by atoms with Gasteiger partial charge in [0.1, 0.15) is 0 Å². The molecule has 0 aliphatic rings. The van der Waals surface area contributed by atoms with Crippen molar-refractivity contribution >= 4 is 0 Å². The van der Waals surface area contributed by atoms with Crippen molar-refractivity contribution in [3.8, 4) is 0 Å². The normalized spacial score (nSPS) is 17.5. The van der Waals surface area contributed by atoms with Gasteiger partial charge in [-0.3, -0.25) is 0 Å². The molecule has 18 heavy (non-hydrogen) atoms. The highest BCUT2D eigenvalue weighted by molar-refractivity contribution is 4.80. The van der Waals surface area contributed by atoms with Crippen molar-refractivity contribution in [3.05, 3.63) is 0 Å². The third kappa shape index (κ3) is 8.10. The maximum absolute atomic E-state index is 3.73. The average Bonchev–Trinajstić information content (AvgIpc) is 2.26. The minimum Gasteiger partial charge on any atom is -0.314 e. The van der Waals surface area contributed by atoms with Crippen LogP contribution in [-0.4, -0.2) is 24.2 Å². The van der Waals surface area contributed by atoms with Crippen molar-refractivity contribution < 1.29 is 0 Å². The number of nitrogens with one attached hydrogen (secondary N) is 2. The fourth-order valence-corrected chi connectivity index (χ4v) is 2.52. The summed E-state index contributed by atoms with van der Waals surface area (Å²) in [5.74, 6) is 0.768. The summed E-state index contributed by atoms with van der Waals surface area (Å²) in [6, 6.07) is 1.22. The summed E-state index contributed by atoms with van der Waals surface area (Å²) in [5, 5.41) is 7.38. The zero-order valence-electron chi connectivity index (χ0n) is 13.8. The molecule has 0 heterocycles. The molecule has 0 fully saturated rings. The van der Waals surface area contributed by atoms with Crippen molar-refractivity contribution in [2.45, 2.75) is 91.8 Å². The molecule has 3 atom stereocenters. The highest BCUT2D eigenvalue weighted by Crippen LogP contribution is 2.12. The molecule has 2 heteroatoms. The van der Waals surface area contributed by atoms with E-state index >= 15 is 0 Å². The molecule has 0 bridgehead atoms. The third-order valence-electron chi connectivity index (χ3n) is 4.05. The van der Waals surface area contributed by atoms with Gasteiger partial charge in [0.2, 0.25) is 0 Å². The minimum absolute atomic E-state index is 0.274. The Bertz CT molecular complexity index is 201. The molecule has 0 aromatic carbocycles. The summed E-state index contributed by atoms with van der Waals surface area (Å²) in [6.07, 6.45) is 4.95. The van der Waals surface area contributed by atoms with E-state index < -0.39 is 0 Å². The molecule has 110 valence electrons. The van der Waals surface area contributed by atoms with Crippen LogP contribution in [0, 0.1) is 5.92 Å². The Balaban J connectivity index is 3.80. The molecule has 0 rings (SSSR count). The number of hydrogen-bond donors (Lipinski definition) is 2. The first kappa shape index (κ1) is 17.9. The van der Waals surface area contributed by atoms with Gasteiger partial charge in [-0.25, -0.2) is 0 Å². The largest absolute Gasteiger partial charge is 0.314 e. The highest BCUT2D eigenvalue weighted by Gasteiger charge is 2.18. The lowest BCUT2D eigenvalue weighted by Gasteiger charge is -2.30. The molecule has 0 aliphatic carbocycles. The predicted octanol–water partition coefficient (Wildman–Crippen LogP) is 3.96. The van der Waals surface area contributed by atoms with Gasteiger partial charge < -0.3 is 10.6 Å². The average molecular weight is 256 g/mol. The van der Waals surface area contributed by atoms with E-state index in [0.29, 0.717) is 12.1 Å². The lowest BCUT2D eigenvalue weighted by molar-refractivity contribution is 0.303. The van der Waals surface area contributed by atoms with Gasteiger partial charge in [-0.1, -0.05) is 33.6 Å². The zero-order chi connectivity index (χ0) is 14.2. The van der Waals surface area contributed by atoms with E-state index in [0.717, 1.165) is 12.5 Å². The Kier molecular flexibility index (Phi) is 8.89. The highest BCUT2D eigenvalue weighted by atomic mass is 15.0. The smallest absolute Gasteiger partial charge is 0.0127 e. The number of rotatable bonds is 10. The maximum Gasteiger partial charge on any atom is 0.0127 e. The van der Waals surface area contributed by atoms with E-state index in [1.807, 2.05) is 0 Å². The molecule has 2 nitrogen and oxygen atoms in total. The van der Waals surface area contributed by atoms with Crippen LogP contribution in [0.4, 0.5) is 0 Å². The Hall–Kier alpha value is -0.0800. The predicted molar refractivity (Wildman–Crippen MR) is 83.1 cm³/mol. The first-order valence-corrected chi connectivity index (χ1v) is 7.83. The van der Waals surface area contributed by atoms with Gasteiger partial charge in [0.25, 0.3) is 0 Å². The van der Waals surface area contributed by atoms with Gasteiger partial charge >= 0.3 is 0 Å². The Morgan fingerprint density at radius 1 is 1.06 bits per heavy atom. The van der Waals surface area contributed by atoms with Crippen LogP contribution in [-0.2, 0) is 0 Å². The van der Waals surface area contributed by atoms with Gasteiger partial charge in [0.05, 0.1) is 0 Å². The standard InChI is InChI=1S/C16H36N2/c1-8-11-16(6,7)18-14(4)10-12-17-15(5)13(3)9-2/h13-15,17-18H,8-12H2,1-7H3. The second-order valence-electron chi connectivity index (χ2n) is 6.60. The van der Waals surface area contributed by atoms with Gasteiger partial charge in [-0.15, -0.1) is 0 Å². The molecular formula is C16H36N2. The SMILES string of the molecule is CCCC(C)(C)NC(C)CCNC(C)C(C)CC. The monoisotopic (exact) mass is 256 g/mol. The third-order valence-corrected chi connectivity index (χ3v) is 4.05. The van der Waals surface area contributed by atoms with Crippen molar-refractivity contribution in [1.82, 2.24) is 10.6 Å². The molecule has 2 N–H and O–H groups in total. The van der Waals surface area contributed by atoms with Crippen molar-refractivity contribution in [1.29, 1.82) is 0 Å². The van der Waals surface area contributed by atoms with E-state index in [1.165, 1.54) is 25.7 Å². The quantitative estimate of drug-likeness (QED) is 0.618. The van der Waals surface area contributed by atoms with Gasteiger partial charge in [0, 0.05) is 17.6 Å². The van der Waals surface area contributed by atoms with E-state index in [4.69, 9.17) is 0 Å². The Morgan fingerprint density at radius 2 is 1.67 bits per heavy atom. The fraction of sp³-hybridized carbons (Fsp3) is 1.00. The first-order valence-electron chi connectivity index (χ1n) is 7.83. The van der Waals surface area contributed by atoms with Crippen LogP contribution in [0.1, 0.15) is 74.1 Å². The second-order valence-corrected chi connectivity index (χ2v) is 6.60. The van der Waals surface area contributed by atoms with Crippen LogP contribution in [0.2, 0.25) is 0 Å². The Morgan fingerprint density at radius 3 is 2.17 bits per heavy atom. The molecule has 3 unspecified atom stereocenters. The minimum atomic E-state index is 0.274. The van der Waals surface area contributed by atoms with Gasteiger partial charge in [-0.05, 0) is 53.0 Å². The Labute approximate surface area is 115 Å². The lowest BCUT2D eigenvalue weighted by atomic mass is 9.97. The zero-order valence-corrected chi connectivity index (χ0v) is 13.8. The summed E-state index contributed by atoms with van der Waals surface area (Å²) in [5.41, 5.74) is 0.274. The van der Waals surface area contributed by atoms with Crippen molar-refractivity contribution in [2.24, 2.45) is 5.92 Å². The van der Waals surface area contributed by atoms with E-state index in [-0.39, 0.29) is 5.54 Å². The van der Waals surface area contributed by atoms with Crippen LogP contribution in [0.15, 0.2) is 0 Å².